The number of hydrogen-bond donors (Lipinski definition) is 0. The molecule has 7 heteroatoms. The highest BCUT2D eigenvalue weighted by atomic mass is 19.3. The van der Waals surface area contributed by atoms with Crippen LogP contribution in [0.2, 0.25) is 0 Å². The molecule has 22 heavy (non-hydrogen) atoms. The first-order valence-corrected chi connectivity index (χ1v) is 6.05. The Balaban J connectivity index is 2.34. The molecule has 0 aromatic heterocycles. The lowest BCUT2D eigenvalue weighted by molar-refractivity contribution is -0.211. The molecule has 0 bridgehead atoms. The average molecular weight is 316 g/mol. The van der Waals surface area contributed by atoms with Gasteiger partial charge < -0.3 is 4.74 Å². The molecule has 0 radical (unpaired) electrons. The Hall–Kier alpha value is -2.44. The molecular formula is C15H9F5O2. The van der Waals surface area contributed by atoms with Gasteiger partial charge in [0.1, 0.15) is 5.56 Å². The molecule has 0 aliphatic heterocycles. The molecule has 2 nitrogen and oxygen atoms in total. The molecule has 0 aliphatic carbocycles. The van der Waals surface area contributed by atoms with Crippen molar-refractivity contribution in [3.63, 3.8) is 0 Å². The van der Waals surface area contributed by atoms with Crippen molar-refractivity contribution in [2.24, 2.45) is 0 Å². The van der Waals surface area contributed by atoms with Gasteiger partial charge in [0.05, 0.1) is 5.56 Å². The van der Waals surface area contributed by atoms with Crippen molar-refractivity contribution >= 4 is 5.97 Å². The number of ether oxygens (including phenoxy) is 1. The van der Waals surface area contributed by atoms with Crippen LogP contribution in [0.1, 0.15) is 21.5 Å². The molecule has 0 atom stereocenters. The average Bonchev–Trinajstić information content (AvgIpc) is 2.44. The van der Waals surface area contributed by atoms with Crippen molar-refractivity contribution in [3.8, 4) is 0 Å². The molecule has 116 valence electrons. The van der Waals surface area contributed by atoms with Gasteiger partial charge in [0.2, 0.25) is 0 Å². The van der Waals surface area contributed by atoms with Gasteiger partial charge in [-0.3, -0.25) is 0 Å². The highest BCUT2D eigenvalue weighted by molar-refractivity contribution is 5.91. The maximum absolute atomic E-state index is 13.8. The predicted octanol–water partition coefficient (Wildman–Crippen LogP) is 4.32. The van der Waals surface area contributed by atoms with E-state index >= 15 is 0 Å². The van der Waals surface area contributed by atoms with Gasteiger partial charge in [-0.15, -0.1) is 0 Å². The lowest BCUT2D eigenvalue weighted by Crippen LogP contribution is -2.25. The maximum atomic E-state index is 13.8. The summed E-state index contributed by atoms with van der Waals surface area (Å²) in [4.78, 5) is 11.7. The first-order valence-electron chi connectivity index (χ1n) is 6.05. The van der Waals surface area contributed by atoms with Crippen molar-refractivity contribution in [2.45, 2.75) is 13.0 Å². The summed E-state index contributed by atoms with van der Waals surface area (Å²) in [5.74, 6) is -7.21. The molecular weight excluding hydrogens is 307 g/mol. The van der Waals surface area contributed by atoms with Crippen molar-refractivity contribution in [1.82, 2.24) is 0 Å². The Kier molecular flexibility index (Phi) is 4.16. The minimum absolute atomic E-state index is 0.148. The summed E-state index contributed by atoms with van der Waals surface area (Å²) < 4.78 is 70.8. The molecule has 2 rings (SSSR count). The second kappa shape index (κ2) is 5.75. The van der Waals surface area contributed by atoms with Gasteiger partial charge in [-0.1, -0.05) is 18.2 Å². The van der Waals surface area contributed by atoms with Crippen LogP contribution in [0.25, 0.3) is 0 Å². The van der Waals surface area contributed by atoms with Gasteiger partial charge in [0, 0.05) is 0 Å². The van der Waals surface area contributed by atoms with Crippen LogP contribution in [-0.2, 0) is 10.8 Å². The Morgan fingerprint density at radius 2 is 1.64 bits per heavy atom. The number of esters is 1. The molecule has 0 amide bonds. The smallest absolute Gasteiger partial charge is 0.393 e. The number of carbonyl (C=O) groups excluding carboxylic acids is 1. The monoisotopic (exact) mass is 316 g/mol. The predicted molar refractivity (Wildman–Crippen MR) is 66.8 cm³/mol. The van der Waals surface area contributed by atoms with E-state index in [-0.39, 0.29) is 5.56 Å². The van der Waals surface area contributed by atoms with E-state index in [4.69, 9.17) is 0 Å². The third-order valence-corrected chi connectivity index (χ3v) is 2.93. The van der Waals surface area contributed by atoms with E-state index in [0.717, 1.165) is 0 Å². The summed E-state index contributed by atoms with van der Waals surface area (Å²) in [6.07, 6.45) is -4.45. The molecule has 0 heterocycles. The van der Waals surface area contributed by atoms with E-state index in [2.05, 4.69) is 4.74 Å². The van der Waals surface area contributed by atoms with Crippen molar-refractivity contribution in [3.05, 3.63) is 70.5 Å². The maximum Gasteiger partial charge on any atom is 0.431 e. The number of aryl methyl sites for hydroxylation is 1. The fourth-order valence-corrected chi connectivity index (χ4v) is 1.78. The highest BCUT2D eigenvalue weighted by Crippen LogP contribution is 2.34. The molecule has 0 unspecified atom stereocenters. The fourth-order valence-electron chi connectivity index (χ4n) is 1.78. The van der Waals surface area contributed by atoms with Crippen LogP contribution in [0.15, 0.2) is 36.4 Å². The van der Waals surface area contributed by atoms with Gasteiger partial charge in [0.15, 0.2) is 17.5 Å². The second-order valence-electron chi connectivity index (χ2n) is 4.44. The van der Waals surface area contributed by atoms with Crippen molar-refractivity contribution < 1.29 is 31.5 Å². The highest BCUT2D eigenvalue weighted by Gasteiger charge is 2.41. The Morgan fingerprint density at radius 3 is 2.27 bits per heavy atom. The molecule has 0 spiro atoms. The van der Waals surface area contributed by atoms with Gasteiger partial charge in [-0.25, -0.2) is 18.0 Å². The standard InChI is InChI=1S/C15H9F5O2/c1-8-4-2-3-5-9(8)14(21)22-15(19,20)10-6-7-11(16)13(18)12(10)17/h2-7H,1H3. The summed E-state index contributed by atoms with van der Waals surface area (Å²) in [5, 5.41) is 0. The Morgan fingerprint density at radius 1 is 1.00 bits per heavy atom. The van der Waals surface area contributed by atoms with Crippen molar-refractivity contribution in [1.29, 1.82) is 0 Å². The Labute approximate surface area is 122 Å². The van der Waals surface area contributed by atoms with E-state index in [0.29, 0.717) is 17.7 Å². The van der Waals surface area contributed by atoms with Gasteiger partial charge in [0.25, 0.3) is 0 Å². The number of rotatable bonds is 3. The SMILES string of the molecule is Cc1ccccc1C(=O)OC(F)(F)c1ccc(F)c(F)c1F. The zero-order valence-electron chi connectivity index (χ0n) is 11.2. The van der Waals surface area contributed by atoms with Crippen LogP contribution in [0.3, 0.4) is 0 Å². The number of alkyl halides is 2. The molecule has 0 saturated heterocycles. The van der Waals surface area contributed by atoms with Gasteiger partial charge in [-0.2, -0.15) is 8.78 Å². The number of halogens is 5. The minimum Gasteiger partial charge on any atom is -0.393 e. The van der Waals surface area contributed by atoms with E-state index in [9.17, 15) is 26.7 Å². The number of hydrogen-bond acceptors (Lipinski definition) is 2. The van der Waals surface area contributed by atoms with E-state index in [1.54, 1.807) is 6.07 Å². The Bertz CT molecular complexity index is 728. The van der Waals surface area contributed by atoms with Crippen LogP contribution >= 0.6 is 0 Å². The third kappa shape index (κ3) is 2.93. The zero-order valence-corrected chi connectivity index (χ0v) is 11.2. The molecule has 0 saturated carbocycles. The quantitative estimate of drug-likeness (QED) is 0.479. The topological polar surface area (TPSA) is 26.3 Å². The number of benzene rings is 2. The summed E-state index contributed by atoms with van der Waals surface area (Å²) >= 11 is 0. The second-order valence-corrected chi connectivity index (χ2v) is 4.44. The fraction of sp³-hybridized carbons (Fsp3) is 0.133. The van der Waals surface area contributed by atoms with Crippen LogP contribution in [0.4, 0.5) is 22.0 Å². The summed E-state index contributed by atoms with van der Waals surface area (Å²) in [6, 6.07) is 6.39. The first-order chi connectivity index (χ1) is 10.2. The van der Waals surface area contributed by atoms with E-state index in [1.807, 2.05) is 0 Å². The third-order valence-electron chi connectivity index (χ3n) is 2.93. The molecule has 2 aromatic carbocycles. The van der Waals surface area contributed by atoms with Crippen LogP contribution in [0, 0.1) is 24.4 Å². The summed E-state index contributed by atoms with van der Waals surface area (Å²) in [7, 11) is 0. The zero-order chi connectivity index (χ0) is 16.5. The lowest BCUT2D eigenvalue weighted by atomic mass is 10.1. The molecule has 0 aliphatic rings. The molecule has 0 N–H and O–H groups in total. The van der Waals surface area contributed by atoms with Crippen LogP contribution < -0.4 is 0 Å². The van der Waals surface area contributed by atoms with Gasteiger partial charge >= 0.3 is 12.1 Å². The summed E-state index contributed by atoms with van der Waals surface area (Å²) in [6.45, 7) is 1.49. The normalized spacial score (nSPS) is 11.4. The van der Waals surface area contributed by atoms with E-state index < -0.39 is 35.1 Å². The molecule has 0 fully saturated rings. The minimum atomic E-state index is -4.45. The van der Waals surface area contributed by atoms with E-state index in [1.165, 1.54) is 25.1 Å². The molecule has 2 aromatic rings. The van der Waals surface area contributed by atoms with Crippen LogP contribution in [-0.4, -0.2) is 5.97 Å². The van der Waals surface area contributed by atoms with Crippen molar-refractivity contribution in [2.75, 3.05) is 0 Å². The first kappa shape index (κ1) is 15.9. The van der Waals surface area contributed by atoms with Crippen LogP contribution in [0.5, 0.6) is 0 Å². The summed E-state index contributed by atoms with van der Waals surface area (Å²) in [5.41, 5.74) is -1.34. The number of carbonyl (C=O) groups is 1. The van der Waals surface area contributed by atoms with Gasteiger partial charge in [-0.05, 0) is 30.7 Å². The largest absolute Gasteiger partial charge is 0.431 e. The lowest BCUT2D eigenvalue weighted by Gasteiger charge is -2.18.